The molecule has 1 aromatic carbocycles. The molecule has 4 rings (SSSR count). The number of rotatable bonds is 3. The number of hydrogen-bond donors (Lipinski definition) is 0. The van der Waals surface area contributed by atoms with E-state index in [2.05, 4.69) is 57.5 Å². The molecule has 0 aliphatic heterocycles. The van der Waals surface area contributed by atoms with Gasteiger partial charge in [0.25, 0.3) is 0 Å². The second-order valence-electron chi connectivity index (χ2n) is 5.14. The van der Waals surface area contributed by atoms with Crippen LogP contribution in [0.3, 0.4) is 0 Å². The van der Waals surface area contributed by atoms with E-state index in [1.54, 1.807) is 16.9 Å². The Morgan fingerprint density at radius 1 is 1.04 bits per heavy atom. The van der Waals surface area contributed by atoms with Gasteiger partial charge in [-0.05, 0) is 30.7 Å². The summed E-state index contributed by atoms with van der Waals surface area (Å²) in [6, 6.07) is 12.2. The first-order valence-corrected chi connectivity index (χ1v) is 7.99. The molecule has 4 aromatic rings. The Morgan fingerprint density at radius 2 is 1.91 bits per heavy atom. The van der Waals surface area contributed by atoms with Crippen LogP contribution >= 0.6 is 11.3 Å². The normalized spacial score (nSPS) is 11.5. The Labute approximate surface area is 137 Å². The van der Waals surface area contributed by atoms with Crippen LogP contribution in [0.4, 0.5) is 0 Å². The summed E-state index contributed by atoms with van der Waals surface area (Å²) in [7, 11) is 0. The molecule has 0 bridgehead atoms. The van der Waals surface area contributed by atoms with E-state index in [9.17, 15) is 0 Å². The summed E-state index contributed by atoms with van der Waals surface area (Å²) in [5.74, 6) is 0.730. The van der Waals surface area contributed by atoms with Gasteiger partial charge in [0.05, 0.1) is 0 Å². The number of hydrogen-bond acceptors (Lipinski definition) is 5. The summed E-state index contributed by atoms with van der Waals surface area (Å²) >= 11 is 1.51. The van der Waals surface area contributed by atoms with Gasteiger partial charge in [0.2, 0.25) is 4.96 Å². The fourth-order valence-corrected chi connectivity index (χ4v) is 3.06. The predicted molar refractivity (Wildman–Crippen MR) is 92.0 cm³/mol. The molecule has 0 radical (unpaired) electrons. The van der Waals surface area contributed by atoms with Crippen molar-refractivity contribution in [3.63, 3.8) is 0 Å². The van der Waals surface area contributed by atoms with Crippen LogP contribution < -0.4 is 0 Å². The van der Waals surface area contributed by atoms with Gasteiger partial charge >= 0.3 is 0 Å². The molecule has 0 amide bonds. The van der Waals surface area contributed by atoms with Crippen LogP contribution in [0.25, 0.3) is 28.5 Å². The van der Waals surface area contributed by atoms with Crippen LogP contribution in [0.5, 0.6) is 0 Å². The summed E-state index contributed by atoms with van der Waals surface area (Å²) < 4.78 is 1.77. The predicted octanol–water partition coefficient (Wildman–Crippen LogP) is 3.73. The van der Waals surface area contributed by atoms with E-state index in [4.69, 9.17) is 0 Å². The second-order valence-corrected chi connectivity index (χ2v) is 6.13. The standard InChI is InChI=1S/C17H13N5S/c1-12-3-2-4-13(11-12)5-6-15-21-22-16(19-20-17(22)23-15)14-7-9-18-10-8-14/h2-11H,1H3. The molecule has 0 fully saturated rings. The van der Waals surface area contributed by atoms with Crippen molar-refractivity contribution in [2.75, 3.05) is 0 Å². The van der Waals surface area contributed by atoms with Crippen molar-refractivity contribution in [1.29, 1.82) is 0 Å². The second kappa shape index (κ2) is 5.73. The average molecular weight is 319 g/mol. The first-order chi connectivity index (χ1) is 11.3. The third-order valence-electron chi connectivity index (χ3n) is 3.41. The van der Waals surface area contributed by atoms with Crippen molar-refractivity contribution in [2.45, 2.75) is 6.92 Å². The molecule has 6 heteroatoms. The Bertz CT molecular complexity index is 985. The quantitative estimate of drug-likeness (QED) is 0.577. The number of pyridine rings is 1. The lowest BCUT2D eigenvalue weighted by Gasteiger charge is -1.95. The Hall–Kier alpha value is -2.86. The maximum Gasteiger partial charge on any atom is 0.235 e. The number of benzene rings is 1. The highest BCUT2D eigenvalue weighted by Crippen LogP contribution is 2.22. The Balaban J connectivity index is 1.69. The van der Waals surface area contributed by atoms with Gasteiger partial charge in [0.15, 0.2) is 5.82 Å². The van der Waals surface area contributed by atoms with Crippen molar-refractivity contribution in [3.8, 4) is 11.4 Å². The molecule has 112 valence electrons. The Morgan fingerprint density at radius 3 is 2.74 bits per heavy atom. The molecule has 3 heterocycles. The maximum absolute atomic E-state index is 4.59. The van der Waals surface area contributed by atoms with Crippen molar-refractivity contribution in [1.82, 2.24) is 24.8 Å². The highest BCUT2D eigenvalue weighted by Gasteiger charge is 2.11. The zero-order chi connectivity index (χ0) is 15.6. The molecule has 5 nitrogen and oxygen atoms in total. The first kappa shape index (κ1) is 13.8. The van der Waals surface area contributed by atoms with Gasteiger partial charge < -0.3 is 0 Å². The van der Waals surface area contributed by atoms with Crippen molar-refractivity contribution in [2.24, 2.45) is 0 Å². The Kier molecular flexibility index (Phi) is 3.44. The lowest BCUT2D eigenvalue weighted by atomic mass is 10.1. The van der Waals surface area contributed by atoms with Crippen molar-refractivity contribution >= 4 is 28.4 Å². The average Bonchev–Trinajstić information content (AvgIpc) is 3.14. The minimum absolute atomic E-state index is 0.730. The minimum Gasteiger partial charge on any atom is -0.265 e. The fourth-order valence-electron chi connectivity index (χ4n) is 2.32. The maximum atomic E-state index is 4.59. The molecular weight excluding hydrogens is 306 g/mol. The molecule has 0 aliphatic carbocycles. The summed E-state index contributed by atoms with van der Waals surface area (Å²) in [5.41, 5.74) is 3.35. The monoisotopic (exact) mass is 319 g/mol. The van der Waals surface area contributed by atoms with E-state index >= 15 is 0 Å². The van der Waals surface area contributed by atoms with Gasteiger partial charge in [-0.1, -0.05) is 47.2 Å². The summed E-state index contributed by atoms with van der Waals surface area (Å²) in [5, 5.41) is 13.9. The minimum atomic E-state index is 0.730. The van der Waals surface area contributed by atoms with Crippen LogP contribution in [0, 0.1) is 6.92 Å². The molecule has 3 aromatic heterocycles. The van der Waals surface area contributed by atoms with E-state index in [1.165, 1.54) is 16.9 Å². The molecule has 0 spiro atoms. The SMILES string of the molecule is Cc1cccc(C=Cc2nn3c(-c4ccncc4)nnc3s2)c1. The third kappa shape index (κ3) is 2.76. The summed E-state index contributed by atoms with van der Waals surface area (Å²) in [4.78, 5) is 4.80. The summed E-state index contributed by atoms with van der Waals surface area (Å²) in [6.07, 6.45) is 7.54. The molecule has 0 unspecified atom stereocenters. The summed E-state index contributed by atoms with van der Waals surface area (Å²) in [6.45, 7) is 2.08. The molecule has 0 aliphatic rings. The number of aromatic nitrogens is 5. The highest BCUT2D eigenvalue weighted by molar-refractivity contribution is 7.17. The molecular formula is C17H13N5S. The van der Waals surface area contributed by atoms with Crippen LogP contribution in [0.2, 0.25) is 0 Å². The lowest BCUT2D eigenvalue weighted by Crippen LogP contribution is -1.90. The van der Waals surface area contributed by atoms with E-state index in [1.807, 2.05) is 18.2 Å². The van der Waals surface area contributed by atoms with Gasteiger partial charge in [-0.2, -0.15) is 9.61 Å². The molecule has 0 saturated heterocycles. The van der Waals surface area contributed by atoms with E-state index in [0.29, 0.717) is 0 Å². The third-order valence-corrected chi connectivity index (χ3v) is 4.27. The van der Waals surface area contributed by atoms with Crippen LogP contribution in [-0.4, -0.2) is 24.8 Å². The zero-order valence-corrected chi connectivity index (χ0v) is 13.2. The van der Waals surface area contributed by atoms with E-state index < -0.39 is 0 Å². The lowest BCUT2D eigenvalue weighted by molar-refractivity contribution is 0.959. The van der Waals surface area contributed by atoms with Crippen molar-refractivity contribution in [3.05, 3.63) is 64.9 Å². The topological polar surface area (TPSA) is 56.0 Å². The van der Waals surface area contributed by atoms with Crippen molar-refractivity contribution < 1.29 is 0 Å². The molecule has 23 heavy (non-hydrogen) atoms. The zero-order valence-electron chi connectivity index (χ0n) is 12.4. The van der Waals surface area contributed by atoms with Gasteiger partial charge in [0.1, 0.15) is 5.01 Å². The smallest absolute Gasteiger partial charge is 0.235 e. The van der Waals surface area contributed by atoms with E-state index in [-0.39, 0.29) is 0 Å². The highest BCUT2D eigenvalue weighted by atomic mass is 32.1. The number of nitrogens with zero attached hydrogens (tertiary/aromatic N) is 5. The van der Waals surface area contributed by atoms with Gasteiger partial charge in [-0.25, -0.2) is 0 Å². The first-order valence-electron chi connectivity index (χ1n) is 7.17. The largest absolute Gasteiger partial charge is 0.265 e. The molecule has 0 N–H and O–H groups in total. The van der Waals surface area contributed by atoms with Crippen LogP contribution in [0.1, 0.15) is 16.1 Å². The van der Waals surface area contributed by atoms with E-state index in [0.717, 1.165) is 26.9 Å². The number of aryl methyl sites for hydroxylation is 1. The van der Waals surface area contributed by atoms with Gasteiger partial charge in [-0.3, -0.25) is 4.98 Å². The number of fused-ring (bicyclic) bond motifs is 1. The molecule has 0 saturated carbocycles. The molecule has 0 atom stereocenters. The van der Waals surface area contributed by atoms with Gasteiger partial charge in [0, 0.05) is 18.0 Å². The fraction of sp³-hybridized carbons (Fsp3) is 0.0588. The van der Waals surface area contributed by atoms with Crippen LogP contribution in [0.15, 0.2) is 48.8 Å². The van der Waals surface area contributed by atoms with Gasteiger partial charge in [-0.15, -0.1) is 10.2 Å². The van der Waals surface area contributed by atoms with Crippen LogP contribution in [-0.2, 0) is 0 Å².